The fraction of sp³-hybridized carbons (Fsp3) is 0.167. The summed E-state index contributed by atoms with van der Waals surface area (Å²) in [6.07, 6.45) is 3.62. The Balaban J connectivity index is 2.42. The molecule has 0 saturated heterocycles. The van der Waals surface area contributed by atoms with Crippen LogP contribution in [0.25, 0.3) is 12.2 Å². The summed E-state index contributed by atoms with van der Waals surface area (Å²) in [5.41, 5.74) is 1.02. The topological polar surface area (TPSA) is 52.6 Å². The van der Waals surface area contributed by atoms with Crippen molar-refractivity contribution in [2.24, 2.45) is 0 Å². The minimum Gasteiger partial charge on any atom is -0.458 e. The van der Waals surface area contributed by atoms with Crippen molar-refractivity contribution in [1.82, 2.24) is 0 Å². The number of esters is 2. The van der Waals surface area contributed by atoms with E-state index in [2.05, 4.69) is 0 Å². The second kappa shape index (κ2) is 3.20. The summed E-state index contributed by atoms with van der Waals surface area (Å²) in [7, 11) is 0. The van der Waals surface area contributed by atoms with Gasteiger partial charge in [0.05, 0.1) is 11.1 Å². The van der Waals surface area contributed by atoms with E-state index in [1.54, 1.807) is 12.1 Å². The van der Waals surface area contributed by atoms with Gasteiger partial charge in [-0.3, -0.25) is 0 Å². The van der Waals surface area contributed by atoms with E-state index in [-0.39, 0.29) is 25.2 Å². The van der Waals surface area contributed by atoms with Gasteiger partial charge in [-0.15, -0.1) is 0 Å². The molecule has 0 unspecified atom stereocenters. The van der Waals surface area contributed by atoms with Gasteiger partial charge in [-0.25, -0.2) is 9.59 Å². The van der Waals surface area contributed by atoms with Crippen LogP contribution in [0.1, 0.15) is 20.7 Å². The number of ether oxygens (including phenoxy) is 2. The van der Waals surface area contributed by atoms with Crippen LogP contribution in [0.4, 0.5) is 0 Å². The molecule has 0 N–H and O–H groups in total. The number of fused-ring (bicyclic) bond motifs is 3. The molecular formula is C12H8O4. The Morgan fingerprint density at radius 2 is 1.25 bits per heavy atom. The van der Waals surface area contributed by atoms with Crippen molar-refractivity contribution in [3.05, 3.63) is 33.7 Å². The van der Waals surface area contributed by atoms with E-state index in [9.17, 15) is 9.59 Å². The van der Waals surface area contributed by atoms with Crippen LogP contribution in [0.15, 0.2) is 12.1 Å². The first-order valence-electron chi connectivity index (χ1n) is 4.95. The van der Waals surface area contributed by atoms with E-state index in [1.165, 1.54) is 0 Å². The predicted molar refractivity (Wildman–Crippen MR) is 55.2 cm³/mol. The third-order valence-corrected chi connectivity index (χ3v) is 2.73. The van der Waals surface area contributed by atoms with Gasteiger partial charge in [0.15, 0.2) is 0 Å². The number of carbonyl (C=O) groups excluding carboxylic acids is 2. The molecule has 0 fully saturated rings. The van der Waals surface area contributed by atoms with Gasteiger partial charge in [0.25, 0.3) is 0 Å². The zero-order valence-corrected chi connectivity index (χ0v) is 8.36. The molecule has 0 aromatic heterocycles. The first-order valence-corrected chi connectivity index (χ1v) is 4.95. The molecule has 4 nitrogen and oxygen atoms in total. The highest BCUT2D eigenvalue weighted by Gasteiger charge is 2.19. The molecule has 0 bridgehead atoms. The normalized spacial score (nSPS) is 17.2. The number of hydrogen-bond acceptors (Lipinski definition) is 4. The first-order chi connectivity index (χ1) is 7.77. The molecule has 1 aromatic carbocycles. The highest BCUT2D eigenvalue weighted by Crippen LogP contribution is 2.04. The maximum atomic E-state index is 11.5. The van der Waals surface area contributed by atoms with Gasteiger partial charge in [0.1, 0.15) is 13.2 Å². The quantitative estimate of drug-likeness (QED) is 0.553. The van der Waals surface area contributed by atoms with Gasteiger partial charge in [-0.2, -0.15) is 0 Å². The standard InChI is InChI=1S/C12H8O4/c13-11-9-1-2-10-8(4-6-16-12(10)14)7(9)3-5-15-11/h1-4H,5-6H2. The minimum absolute atomic E-state index is 0.255. The van der Waals surface area contributed by atoms with Crippen LogP contribution in [0.3, 0.4) is 0 Å². The zero-order chi connectivity index (χ0) is 11.1. The molecule has 2 aliphatic heterocycles. The van der Waals surface area contributed by atoms with Gasteiger partial charge in [-0.05, 0) is 34.7 Å². The summed E-state index contributed by atoms with van der Waals surface area (Å²) < 4.78 is 9.80. The number of hydrogen-bond donors (Lipinski definition) is 0. The Hall–Kier alpha value is -2.10. The van der Waals surface area contributed by atoms with Crippen molar-refractivity contribution in [2.45, 2.75) is 0 Å². The monoisotopic (exact) mass is 216 g/mol. The fourth-order valence-corrected chi connectivity index (χ4v) is 1.99. The molecule has 1 aromatic rings. The molecule has 0 atom stereocenters. The number of benzene rings is 1. The van der Waals surface area contributed by atoms with Crippen molar-refractivity contribution < 1.29 is 19.1 Å². The largest absolute Gasteiger partial charge is 0.458 e. The Labute approximate surface area is 90.8 Å². The van der Waals surface area contributed by atoms with Crippen molar-refractivity contribution in [3.8, 4) is 0 Å². The lowest BCUT2D eigenvalue weighted by Gasteiger charge is -2.14. The highest BCUT2D eigenvalue weighted by atomic mass is 16.5. The lowest BCUT2D eigenvalue weighted by Crippen LogP contribution is -2.41. The van der Waals surface area contributed by atoms with Gasteiger partial charge in [0, 0.05) is 0 Å². The van der Waals surface area contributed by atoms with Gasteiger partial charge < -0.3 is 9.47 Å². The zero-order valence-electron chi connectivity index (χ0n) is 8.36. The Kier molecular flexibility index (Phi) is 1.83. The lowest BCUT2D eigenvalue weighted by molar-refractivity contribution is 0.0530. The molecule has 0 spiro atoms. The summed E-state index contributed by atoms with van der Waals surface area (Å²) in [5, 5.41) is 1.57. The molecule has 2 aliphatic rings. The first kappa shape index (κ1) is 9.15. The Bertz CT molecular complexity index is 558. The third-order valence-electron chi connectivity index (χ3n) is 2.73. The molecule has 3 rings (SSSR count). The summed E-state index contributed by atoms with van der Waals surface area (Å²) in [6.45, 7) is 0.510. The van der Waals surface area contributed by atoms with E-state index >= 15 is 0 Å². The van der Waals surface area contributed by atoms with Crippen LogP contribution in [0.2, 0.25) is 0 Å². The third kappa shape index (κ3) is 1.16. The second-order valence-electron chi connectivity index (χ2n) is 3.59. The highest BCUT2D eigenvalue weighted by molar-refractivity contribution is 5.95. The summed E-state index contributed by atoms with van der Waals surface area (Å²) in [4.78, 5) is 23.0. The van der Waals surface area contributed by atoms with Gasteiger partial charge >= 0.3 is 11.9 Å². The summed E-state index contributed by atoms with van der Waals surface area (Å²) >= 11 is 0. The predicted octanol–water partition coefficient (Wildman–Crippen LogP) is -0.412. The molecule has 0 saturated carbocycles. The van der Waals surface area contributed by atoms with Crippen molar-refractivity contribution >= 4 is 24.1 Å². The molecule has 0 aliphatic carbocycles. The average Bonchev–Trinajstić information content (AvgIpc) is 2.30. The van der Waals surface area contributed by atoms with Crippen molar-refractivity contribution in [1.29, 1.82) is 0 Å². The average molecular weight is 216 g/mol. The minimum atomic E-state index is -0.340. The van der Waals surface area contributed by atoms with E-state index in [1.807, 2.05) is 12.2 Å². The second-order valence-corrected chi connectivity index (χ2v) is 3.59. The van der Waals surface area contributed by atoms with Crippen LogP contribution in [0, 0.1) is 0 Å². The smallest absolute Gasteiger partial charge is 0.339 e. The molecule has 16 heavy (non-hydrogen) atoms. The molecule has 0 radical (unpaired) electrons. The number of cyclic esters (lactones) is 2. The molecule has 80 valence electrons. The maximum absolute atomic E-state index is 11.5. The van der Waals surface area contributed by atoms with Crippen LogP contribution >= 0.6 is 0 Å². The number of carbonyl (C=O) groups is 2. The summed E-state index contributed by atoms with van der Waals surface area (Å²) in [5.74, 6) is -0.680. The molecular weight excluding hydrogens is 208 g/mol. The van der Waals surface area contributed by atoms with Crippen LogP contribution in [-0.2, 0) is 9.47 Å². The lowest BCUT2D eigenvalue weighted by atomic mass is 10.0. The Morgan fingerprint density at radius 1 is 0.812 bits per heavy atom. The maximum Gasteiger partial charge on any atom is 0.339 e. The Morgan fingerprint density at radius 3 is 1.69 bits per heavy atom. The molecule has 0 amide bonds. The summed E-state index contributed by atoms with van der Waals surface area (Å²) in [6, 6.07) is 3.21. The molecule has 2 heterocycles. The van der Waals surface area contributed by atoms with Crippen LogP contribution in [0.5, 0.6) is 0 Å². The number of rotatable bonds is 0. The van der Waals surface area contributed by atoms with Gasteiger partial charge in [-0.1, -0.05) is 0 Å². The van der Waals surface area contributed by atoms with E-state index in [4.69, 9.17) is 9.47 Å². The van der Waals surface area contributed by atoms with Crippen LogP contribution < -0.4 is 10.4 Å². The van der Waals surface area contributed by atoms with E-state index in [0.29, 0.717) is 11.1 Å². The van der Waals surface area contributed by atoms with Gasteiger partial charge in [0.2, 0.25) is 0 Å². The van der Waals surface area contributed by atoms with Crippen LogP contribution in [-0.4, -0.2) is 25.2 Å². The van der Waals surface area contributed by atoms with E-state index < -0.39 is 0 Å². The van der Waals surface area contributed by atoms with Crippen molar-refractivity contribution in [3.63, 3.8) is 0 Å². The van der Waals surface area contributed by atoms with Crippen molar-refractivity contribution in [2.75, 3.05) is 13.2 Å². The molecule has 4 heteroatoms. The fourth-order valence-electron chi connectivity index (χ4n) is 1.99. The SMILES string of the molecule is O=C1OCC=c2c1ccc1c2=CCOC1=O. The van der Waals surface area contributed by atoms with E-state index in [0.717, 1.165) is 10.4 Å².